The molecule has 6 heteroatoms. The Morgan fingerprint density at radius 3 is 2.71 bits per heavy atom. The van der Waals surface area contributed by atoms with Crippen molar-refractivity contribution in [3.05, 3.63) is 28.5 Å². The van der Waals surface area contributed by atoms with Gasteiger partial charge in [-0.15, -0.1) is 11.3 Å². The van der Waals surface area contributed by atoms with E-state index in [-0.39, 0.29) is 5.91 Å². The van der Waals surface area contributed by atoms with Crippen LogP contribution in [0.5, 0.6) is 0 Å². The summed E-state index contributed by atoms with van der Waals surface area (Å²) in [5.41, 5.74) is 0. The number of thiophene rings is 1. The Morgan fingerprint density at radius 1 is 1.25 bits per heavy atom. The first kappa shape index (κ1) is 17.6. The van der Waals surface area contributed by atoms with E-state index in [1.165, 1.54) is 0 Å². The largest absolute Gasteiger partial charge is 0.381 e. The van der Waals surface area contributed by atoms with E-state index in [9.17, 15) is 4.79 Å². The second-order valence-electron chi connectivity index (χ2n) is 6.18. The molecule has 0 spiro atoms. The Bertz CT molecular complexity index is 520. The molecule has 0 radical (unpaired) electrons. The molecule has 5 nitrogen and oxygen atoms in total. The molecule has 2 aliphatic heterocycles. The summed E-state index contributed by atoms with van der Waals surface area (Å²) in [6.07, 6.45) is 5.51. The van der Waals surface area contributed by atoms with Gasteiger partial charge in [-0.3, -0.25) is 9.69 Å². The van der Waals surface area contributed by atoms with Crippen molar-refractivity contribution >= 4 is 23.3 Å². The number of carbonyl (C=O) groups excluding carboxylic acids is 1. The smallest absolute Gasteiger partial charge is 0.246 e. The lowest BCUT2D eigenvalue weighted by molar-refractivity contribution is -0.130. The fourth-order valence-electron chi connectivity index (χ4n) is 3.18. The quantitative estimate of drug-likeness (QED) is 0.737. The Kier molecular flexibility index (Phi) is 6.84. The van der Waals surface area contributed by atoms with Crippen LogP contribution < -0.4 is 0 Å². The van der Waals surface area contributed by atoms with Crippen molar-refractivity contribution in [1.29, 1.82) is 0 Å². The monoisotopic (exact) mass is 350 g/mol. The molecule has 2 fully saturated rings. The van der Waals surface area contributed by atoms with Gasteiger partial charge in [0.15, 0.2) is 0 Å². The van der Waals surface area contributed by atoms with Crippen LogP contribution >= 0.6 is 11.3 Å². The fraction of sp³-hybridized carbons (Fsp3) is 0.611. The lowest BCUT2D eigenvalue weighted by Crippen LogP contribution is -2.48. The van der Waals surface area contributed by atoms with E-state index in [1.807, 2.05) is 28.5 Å². The van der Waals surface area contributed by atoms with Gasteiger partial charge in [0.1, 0.15) is 0 Å². The zero-order chi connectivity index (χ0) is 16.6. The van der Waals surface area contributed by atoms with Crippen LogP contribution in [0.15, 0.2) is 23.6 Å². The number of hydrogen-bond acceptors (Lipinski definition) is 5. The minimum atomic E-state index is 0.114. The summed E-state index contributed by atoms with van der Waals surface area (Å²) in [5.74, 6) is 0.114. The van der Waals surface area contributed by atoms with Gasteiger partial charge in [0, 0.05) is 56.4 Å². The molecule has 3 heterocycles. The Morgan fingerprint density at radius 2 is 2.00 bits per heavy atom. The van der Waals surface area contributed by atoms with Gasteiger partial charge >= 0.3 is 0 Å². The molecule has 0 aromatic carbocycles. The van der Waals surface area contributed by atoms with Gasteiger partial charge < -0.3 is 14.4 Å². The van der Waals surface area contributed by atoms with Crippen LogP contribution in [0.25, 0.3) is 6.08 Å². The molecule has 3 rings (SSSR count). The van der Waals surface area contributed by atoms with Gasteiger partial charge in [0.2, 0.25) is 5.91 Å². The molecule has 1 aromatic heterocycles. The van der Waals surface area contributed by atoms with E-state index in [4.69, 9.17) is 9.47 Å². The van der Waals surface area contributed by atoms with E-state index in [0.29, 0.717) is 6.04 Å². The van der Waals surface area contributed by atoms with Crippen LogP contribution in [0.4, 0.5) is 0 Å². The highest BCUT2D eigenvalue weighted by Crippen LogP contribution is 2.17. The number of hydrogen-bond donors (Lipinski definition) is 0. The Labute approximate surface area is 147 Å². The second kappa shape index (κ2) is 9.32. The molecule has 0 saturated carbocycles. The maximum Gasteiger partial charge on any atom is 0.246 e. The van der Waals surface area contributed by atoms with Gasteiger partial charge in [0.05, 0.1) is 13.2 Å². The predicted octanol–water partition coefficient (Wildman–Crippen LogP) is 2.10. The number of carbonyl (C=O) groups is 1. The summed E-state index contributed by atoms with van der Waals surface area (Å²) < 4.78 is 10.9. The fourth-order valence-corrected chi connectivity index (χ4v) is 3.80. The summed E-state index contributed by atoms with van der Waals surface area (Å²) in [7, 11) is 0. The lowest BCUT2D eigenvalue weighted by atomic mass is 10.1. The highest BCUT2D eigenvalue weighted by molar-refractivity contribution is 7.10. The summed E-state index contributed by atoms with van der Waals surface area (Å²) >= 11 is 1.65. The molecule has 24 heavy (non-hydrogen) atoms. The number of amides is 1. The van der Waals surface area contributed by atoms with E-state index >= 15 is 0 Å². The molecule has 132 valence electrons. The summed E-state index contributed by atoms with van der Waals surface area (Å²) in [6, 6.07) is 4.32. The molecule has 0 unspecified atom stereocenters. The SMILES string of the molecule is O=C(/C=C/c1cccs1)N(CCN1CCOCC1)C1CCOCC1. The van der Waals surface area contributed by atoms with Gasteiger partial charge in [-0.1, -0.05) is 6.07 Å². The maximum atomic E-state index is 12.8. The third kappa shape index (κ3) is 5.14. The molecule has 0 N–H and O–H groups in total. The molecule has 0 bridgehead atoms. The van der Waals surface area contributed by atoms with E-state index in [0.717, 1.165) is 70.3 Å². The van der Waals surface area contributed by atoms with Crippen molar-refractivity contribution < 1.29 is 14.3 Å². The molecular weight excluding hydrogens is 324 g/mol. The minimum Gasteiger partial charge on any atom is -0.381 e. The van der Waals surface area contributed by atoms with Crippen molar-refractivity contribution in [2.75, 3.05) is 52.6 Å². The van der Waals surface area contributed by atoms with E-state index in [2.05, 4.69) is 4.90 Å². The average molecular weight is 350 g/mol. The van der Waals surface area contributed by atoms with Crippen LogP contribution in [0, 0.1) is 0 Å². The minimum absolute atomic E-state index is 0.114. The first-order valence-corrected chi connectivity index (χ1v) is 9.61. The van der Waals surface area contributed by atoms with Gasteiger partial charge in [0.25, 0.3) is 0 Å². The summed E-state index contributed by atoms with van der Waals surface area (Å²) in [5, 5.41) is 2.03. The molecule has 0 aliphatic carbocycles. The van der Waals surface area contributed by atoms with Crippen LogP contribution in [0.3, 0.4) is 0 Å². The van der Waals surface area contributed by atoms with Crippen LogP contribution in [-0.2, 0) is 14.3 Å². The number of nitrogens with zero attached hydrogens (tertiary/aromatic N) is 2. The van der Waals surface area contributed by atoms with Gasteiger partial charge in [-0.25, -0.2) is 0 Å². The van der Waals surface area contributed by atoms with Crippen molar-refractivity contribution in [3.8, 4) is 0 Å². The van der Waals surface area contributed by atoms with Gasteiger partial charge in [-0.05, 0) is 30.4 Å². The second-order valence-corrected chi connectivity index (χ2v) is 7.16. The molecule has 0 atom stereocenters. The van der Waals surface area contributed by atoms with Crippen molar-refractivity contribution in [1.82, 2.24) is 9.80 Å². The van der Waals surface area contributed by atoms with Crippen molar-refractivity contribution in [2.24, 2.45) is 0 Å². The Hall–Kier alpha value is -1.21. The van der Waals surface area contributed by atoms with Crippen LogP contribution in [0.2, 0.25) is 0 Å². The number of morpholine rings is 1. The first-order chi connectivity index (χ1) is 11.8. The molecular formula is C18H26N2O3S. The molecule has 1 aromatic rings. The number of ether oxygens (including phenoxy) is 2. The highest BCUT2D eigenvalue weighted by Gasteiger charge is 2.25. The van der Waals surface area contributed by atoms with Crippen molar-refractivity contribution in [2.45, 2.75) is 18.9 Å². The standard InChI is InChI=1S/C18H26N2O3S/c21-18(4-3-17-2-1-15-24-17)20(16-5-11-22-12-6-16)8-7-19-9-13-23-14-10-19/h1-4,15-16H,5-14H2/b4-3+. The third-order valence-corrected chi connectivity index (χ3v) is 5.45. The van der Waals surface area contributed by atoms with E-state index < -0.39 is 0 Å². The van der Waals surface area contributed by atoms with Gasteiger partial charge in [-0.2, -0.15) is 0 Å². The summed E-state index contributed by atoms with van der Waals surface area (Å²) in [6.45, 7) is 6.70. The van der Waals surface area contributed by atoms with Crippen molar-refractivity contribution in [3.63, 3.8) is 0 Å². The lowest BCUT2D eigenvalue weighted by Gasteiger charge is -2.36. The third-order valence-electron chi connectivity index (χ3n) is 4.61. The topological polar surface area (TPSA) is 42.0 Å². The van der Waals surface area contributed by atoms with Crippen LogP contribution in [0.1, 0.15) is 17.7 Å². The van der Waals surface area contributed by atoms with E-state index in [1.54, 1.807) is 17.4 Å². The number of rotatable bonds is 6. The summed E-state index contributed by atoms with van der Waals surface area (Å²) in [4.78, 5) is 18.3. The zero-order valence-corrected chi connectivity index (χ0v) is 14.9. The Balaban J connectivity index is 1.60. The highest BCUT2D eigenvalue weighted by atomic mass is 32.1. The first-order valence-electron chi connectivity index (χ1n) is 8.73. The van der Waals surface area contributed by atoms with Crippen LogP contribution in [-0.4, -0.2) is 74.4 Å². The normalized spacial score (nSPS) is 20.5. The molecule has 2 saturated heterocycles. The maximum absolute atomic E-state index is 12.8. The molecule has 1 amide bonds. The zero-order valence-electron chi connectivity index (χ0n) is 14.1. The predicted molar refractivity (Wildman–Crippen MR) is 96.2 cm³/mol. The molecule has 2 aliphatic rings. The average Bonchev–Trinajstić information content (AvgIpc) is 3.15.